The van der Waals surface area contributed by atoms with E-state index in [1.54, 1.807) is 0 Å². The van der Waals surface area contributed by atoms with Gasteiger partial charge in [-0.1, -0.05) is 18.2 Å². The van der Waals surface area contributed by atoms with Crippen LogP contribution in [-0.2, 0) is 14.4 Å². The number of carbonyl (C=O) groups excluding carboxylic acids is 4. The molecule has 2 aromatic carbocycles. The number of halogens is 1. The molecule has 1 N–H and O–H groups in total. The van der Waals surface area contributed by atoms with Crippen LogP contribution in [0.4, 0.5) is 15.8 Å². The van der Waals surface area contributed by atoms with Crippen molar-refractivity contribution in [1.29, 1.82) is 0 Å². The van der Waals surface area contributed by atoms with E-state index in [0.717, 1.165) is 29.2 Å². The number of hydrazine groups is 1. The van der Waals surface area contributed by atoms with Gasteiger partial charge in [-0.05, 0) is 25.1 Å². The number of methoxy groups -OCH3 is 1. The number of nitrogens with one attached hydrogen (secondary N) is 1. The summed E-state index contributed by atoms with van der Waals surface area (Å²) in [7, 11) is 1.21. The molecule has 11 nitrogen and oxygen atoms in total. The highest BCUT2D eigenvalue weighted by molar-refractivity contribution is 6.24. The molecule has 1 unspecified atom stereocenters. The van der Waals surface area contributed by atoms with Crippen molar-refractivity contribution in [2.75, 3.05) is 12.0 Å². The molecule has 1 saturated heterocycles. The molecule has 0 spiro atoms. The van der Waals surface area contributed by atoms with Gasteiger partial charge >= 0.3 is 0 Å². The van der Waals surface area contributed by atoms with Gasteiger partial charge in [-0.3, -0.25) is 34.7 Å². The van der Waals surface area contributed by atoms with Gasteiger partial charge in [-0.15, -0.1) is 0 Å². The Labute approximate surface area is 192 Å². The number of non-ortho nitro benzene ring substituents is 1. The molecule has 0 aromatic heterocycles. The van der Waals surface area contributed by atoms with Gasteiger partial charge in [-0.2, -0.15) is 0 Å². The van der Waals surface area contributed by atoms with Gasteiger partial charge in [0.15, 0.2) is 0 Å². The van der Waals surface area contributed by atoms with Crippen molar-refractivity contribution in [3.8, 4) is 5.75 Å². The number of anilines is 1. The van der Waals surface area contributed by atoms with E-state index in [1.807, 2.05) is 0 Å². The molecule has 1 aliphatic heterocycles. The third-order valence-corrected chi connectivity index (χ3v) is 4.94. The average molecular weight is 470 g/mol. The molecule has 0 saturated carbocycles. The highest BCUT2D eigenvalue weighted by Crippen LogP contribution is 2.35. The number of amides is 4. The number of imide groups is 1. The zero-order chi connectivity index (χ0) is 25.0. The van der Waals surface area contributed by atoms with Crippen LogP contribution < -0.4 is 15.1 Å². The van der Waals surface area contributed by atoms with Gasteiger partial charge in [0.05, 0.1) is 35.8 Å². The van der Waals surface area contributed by atoms with E-state index in [2.05, 4.69) is 5.43 Å². The van der Waals surface area contributed by atoms with Crippen LogP contribution in [0.2, 0.25) is 0 Å². The lowest BCUT2D eigenvalue weighted by Gasteiger charge is -2.27. The van der Waals surface area contributed by atoms with Crippen LogP contribution in [0.25, 0.3) is 0 Å². The van der Waals surface area contributed by atoms with Gasteiger partial charge in [0, 0.05) is 12.1 Å². The maximum absolute atomic E-state index is 14.0. The van der Waals surface area contributed by atoms with Gasteiger partial charge in [-0.25, -0.2) is 14.3 Å². The second kappa shape index (κ2) is 9.90. The molecule has 12 heteroatoms. The molecule has 1 aliphatic rings. The minimum atomic E-state index is -1.45. The summed E-state index contributed by atoms with van der Waals surface area (Å²) in [6.45, 7) is 1.53. The number of nitro benzene ring substituents is 1. The Bertz CT molecular complexity index is 1210. The maximum atomic E-state index is 14.0. The predicted octanol–water partition coefficient (Wildman–Crippen LogP) is 2.12. The third-order valence-electron chi connectivity index (χ3n) is 4.94. The maximum Gasteiger partial charge on any atom is 0.273 e. The Balaban J connectivity index is 1.96. The summed E-state index contributed by atoms with van der Waals surface area (Å²) in [5.41, 5.74) is 1.45. The van der Waals surface area contributed by atoms with Crippen molar-refractivity contribution in [3.63, 3.8) is 0 Å². The summed E-state index contributed by atoms with van der Waals surface area (Å²) in [5.74, 6) is -4.40. The first-order valence-electron chi connectivity index (χ1n) is 9.90. The monoisotopic (exact) mass is 470 g/mol. The lowest BCUT2D eigenvalue weighted by Crippen LogP contribution is -2.54. The summed E-state index contributed by atoms with van der Waals surface area (Å²) in [6.07, 6.45) is 1.93. The predicted molar refractivity (Wildman–Crippen MR) is 116 cm³/mol. The van der Waals surface area contributed by atoms with Crippen molar-refractivity contribution in [3.05, 3.63) is 76.1 Å². The molecule has 2 aromatic rings. The summed E-state index contributed by atoms with van der Waals surface area (Å²) in [4.78, 5) is 62.4. The van der Waals surface area contributed by atoms with Gasteiger partial charge in [0.25, 0.3) is 23.4 Å². The number of nitrogens with zero attached hydrogens (tertiary/aromatic N) is 3. The highest BCUT2D eigenvalue weighted by Gasteiger charge is 2.46. The molecule has 0 radical (unpaired) electrons. The molecule has 1 atom stereocenters. The fourth-order valence-electron chi connectivity index (χ4n) is 3.36. The van der Waals surface area contributed by atoms with Gasteiger partial charge < -0.3 is 4.74 Å². The fraction of sp³-hybridized carbons (Fsp3) is 0.182. The zero-order valence-electron chi connectivity index (χ0n) is 18.1. The van der Waals surface area contributed by atoms with Crippen LogP contribution in [0.3, 0.4) is 0 Å². The lowest BCUT2D eigenvalue weighted by molar-refractivity contribution is -0.384. The Morgan fingerprint density at radius 3 is 2.59 bits per heavy atom. The molecule has 3 rings (SSSR count). The summed E-state index contributed by atoms with van der Waals surface area (Å²) >= 11 is 0. The van der Waals surface area contributed by atoms with Crippen LogP contribution in [0, 0.1) is 15.9 Å². The number of benzene rings is 2. The smallest absolute Gasteiger partial charge is 0.273 e. The number of hydrogen-bond acceptors (Lipinski definition) is 7. The van der Waals surface area contributed by atoms with E-state index in [9.17, 15) is 33.7 Å². The van der Waals surface area contributed by atoms with Crippen LogP contribution in [0.15, 0.2) is 54.6 Å². The topological polar surface area (TPSA) is 139 Å². The number of carbonyl (C=O) groups is 4. The SMILES string of the molecule is CC=CC(=O)N(NC(=O)c1ccccc1F)C1CC(=O)N(c2ccc([N+](=O)[O-])cc2OC)C1=O. The van der Waals surface area contributed by atoms with E-state index in [0.29, 0.717) is 5.01 Å². The number of rotatable bonds is 6. The number of allylic oxidation sites excluding steroid dienone is 1. The highest BCUT2D eigenvalue weighted by atomic mass is 19.1. The Morgan fingerprint density at radius 1 is 1.26 bits per heavy atom. The third kappa shape index (κ3) is 4.60. The van der Waals surface area contributed by atoms with E-state index in [-0.39, 0.29) is 22.7 Å². The minimum Gasteiger partial charge on any atom is -0.494 e. The standard InChI is InChI=1S/C22H19FN4O7/c1-3-6-19(28)26(24-21(30)14-7-4-5-8-15(14)23)17-12-20(29)25(22(17)31)16-10-9-13(27(32)33)11-18(16)34-2/h3-11,17H,12H2,1-2H3,(H,24,30). The van der Waals surface area contributed by atoms with Crippen molar-refractivity contribution in [1.82, 2.24) is 10.4 Å². The van der Waals surface area contributed by atoms with Crippen molar-refractivity contribution >= 4 is 35.0 Å². The van der Waals surface area contributed by atoms with Crippen molar-refractivity contribution < 1.29 is 33.2 Å². The minimum absolute atomic E-state index is 0.0653. The molecule has 1 fully saturated rings. The molecule has 34 heavy (non-hydrogen) atoms. The Hall–Kier alpha value is -4.61. The van der Waals surface area contributed by atoms with E-state index < -0.39 is 46.8 Å². The summed E-state index contributed by atoms with van der Waals surface area (Å²) in [6, 6.07) is 6.91. The number of hydrogen-bond donors (Lipinski definition) is 1. The zero-order valence-corrected chi connectivity index (χ0v) is 18.1. The molecular formula is C22H19FN4O7. The van der Waals surface area contributed by atoms with E-state index in [4.69, 9.17) is 4.74 Å². The quantitative estimate of drug-likeness (QED) is 0.295. The van der Waals surface area contributed by atoms with E-state index >= 15 is 0 Å². The van der Waals surface area contributed by atoms with E-state index in [1.165, 1.54) is 44.4 Å². The number of ether oxygens (including phenoxy) is 1. The first-order chi connectivity index (χ1) is 16.2. The fourth-order valence-corrected chi connectivity index (χ4v) is 3.36. The largest absolute Gasteiger partial charge is 0.494 e. The molecule has 1 heterocycles. The number of nitro groups is 1. The first kappa shape index (κ1) is 24.0. The molecule has 176 valence electrons. The summed E-state index contributed by atoms with van der Waals surface area (Å²) < 4.78 is 19.2. The second-order valence-electron chi connectivity index (χ2n) is 7.03. The van der Waals surface area contributed by atoms with Crippen LogP contribution in [0.5, 0.6) is 5.75 Å². The van der Waals surface area contributed by atoms with Gasteiger partial charge in [0.1, 0.15) is 17.6 Å². The van der Waals surface area contributed by atoms with Crippen LogP contribution in [0.1, 0.15) is 23.7 Å². The lowest BCUT2D eigenvalue weighted by atomic mass is 10.2. The normalized spacial score (nSPS) is 15.5. The van der Waals surface area contributed by atoms with Crippen LogP contribution >= 0.6 is 0 Å². The van der Waals surface area contributed by atoms with Crippen molar-refractivity contribution in [2.24, 2.45) is 0 Å². The molecule has 4 amide bonds. The molecule has 0 bridgehead atoms. The van der Waals surface area contributed by atoms with Crippen molar-refractivity contribution in [2.45, 2.75) is 19.4 Å². The van der Waals surface area contributed by atoms with Crippen LogP contribution in [-0.4, -0.2) is 46.7 Å². The average Bonchev–Trinajstić information content (AvgIpc) is 3.10. The summed E-state index contributed by atoms with van der Waals surface area (Å²) in [5, 5.41) is 11.7. The molecule has 0 aliphatic carbocycles. The van der Waals surface area contributed by atoms with Gasteiger partial charge in [0.2, 0.25) is 5.91 Å². The first-order valence-corrected chi connectivity index (χ1v) is 9.90. The molecular weight excluding hydrogens is 451 g/mol. The Morgan fingerprint density at radius 2 is 1.97 bits per heavy atom. The second-order valence-corrected chi connectivity index (χ2v) is 7.03. The Kier molecular flexibility index (Phi) is 7.00.